The standard InChI is InChI=1S/C22H22O8/c1-14(23)27-22-19(30-21(25)16-11-7-4-8-12-16)18(17(28-22)13-26-2)29-20(24)15-9-5-3-6-10-15/h3-12,17-19,22H,13H2,1-2H3/t17-,18-,19-,22?/m1/s1. The van der Waals surface area contributed by atoms with E-state index in [0.29, 0.717) is 11.1 Å². The Morgan fingerprint density at radius 3 is 1.77 bits per heavy atom. The van der Waals surface area contributed by atoms with E-state index in [4.69, 9.17) is 23.7 Å². The van der Waals surface area contributed by atoms with E-state index >= 15 is 0 Å². The van der Waals surface area contributed by atoms with E-state index in [1.165, 1.54) is 14.0 Å². The molecule has 30 heavy (non-hydrogen) atoms. The van der Waals surface area contributed by atoms with E-state index in [0.717, 1.165) is 0 Å². The van der Waals surface area contributed by atoms with Crippen LogP contribution in [0.1, 0.15) is 27.6 Å². The summed E-state index contributed by atoms with van der Waals surface area (Å²) in [5, 5.41) is 0. The van der Waals surface area contributed by atoms with Crippen molar-refractivity contribution >= 4 is 17.9 Å². The van der Waals surface area contributed by atoms with Crippen LogP contribution in [-0.2, 0) is 28.5 Å². The van der Waals surface area contributed by atoms with Gasteiger partial charge in [-0.25, -0.2) is 9.59 Å². The van der Waals surface area contributed by atoms with Crippen LogP contribution >= 0.6 is 0 Å². The lowest BCUT2D eigenvalue weighted by Crippen LogP contribution is -2.42. The first kappa shape index (κ1) is 21.5. The van der Waals surface area contributed by atoms with Gasteiger partial charge in [0.1, 0.15) is 6.10 Å². The monoisotopic (exact) mass is 414 g/mol. The molecule has 2 aromatic carbocycles. The highest BCUT2D eigenvalue weighted by Crippen LogP contribution is 2.29. The Hall–Kier alpha value is -3.23. The molecular weight excluding hydrogens is 392 g/mol. The smallest absolute Gasteiger partial charge is 0.338 e. The normalized spacial score (nSPS) is 22.9. The molecule has 0 spiro atoms. The van der Waals surface area contributed by atoms with Crippen molar-refractivity contribution in [1.82, 2.24) is 0 Å². The van der Waals surface area contributed by atoms with Gasteiger partial charge in [-0.05, 0) is 24.3 Å². The van der Waals surface area contributed by atoms with Crippen LogP contribution in [0.4, 0.5) is 0 Å². The maximum absolute atomic E-state index is 12.6. The van der Waals surface area contributed by atoms with Crippen molar-refractivity contribution < 1.29 is 38.1 Å². The van der Waals surface area contributed by atoms with Crippen LogP contribution in [0, 0.1) is 0 Å². The van der Waals surface area contributed by atoms with Crippen molar-refractivity contribution in [2.45, 2.75) is 31.5 Å². The highest BCUT2D eigenvalue weighted by Gasteiger charge is 2.51. The topological polar surface area (TPSA) is 97.4 Å². The highest BCUT2D eigenvalue weighted by atomic mass is 16.8. The third kappa shape index (κ3) is 5.22. The summed E-state index contributed by atoms with van der Waals surface area (Å²) < 4.78 is 27.2. The summed E-state index contributed by atoms with van der Waals surface area (Å²) in [6, 6.07) is 16.6. The van der Waals surface area contributed by atoms with Gasteiger partial charge < -0.3 is 23.7 Å². The van der Waals surface area contributed by atoms with Crippen LogP contribution in [0.25, 0.3) is 0 Å². The Kier molecular flexibility index (Phi) is 7.16. The van der Waals surface area contributed by atoms with Crippen LogP contribution in [-0.4, -0.2) is 56.2 Å². The van der Waals surface area contributed by atoms with Crippen molar-refractivity contribution in [3.63, 3.8) is 0 Å². The Bertz CT molecular complexity index is 867. The summed E-state index contributed by atoms with van der Waals surface area (Å²) in [7, 11) is 1.45. The van der Waals surface area contributed by atoms with E-state index in [1.54, 1.807) is 60.7 Å². The summed E-state index contributed by atoms with van der Waals surface area (Å²) in [6.07, 6.45) is -4.27. The predicted octanol–water partition coefficient (Wildman–Crippen LogP) is 2.37. The fourth-order valence-corrected chi connectivity index (χ4v) is 3.05. The number of rotatable bonds is 7. The lowest BCUT2D eigenvalue weighted by atomic mass is 10.1. The van der Waals surface area contributed by atoms with Crippen molar-refractivity contribution in [3.05, 3.63) is 71.8 Å². The van der Waals surface area contributed by atoms with Gasteiger partial charge in [0.25, 0.3) is 0 Å². The lowest BCUT2D eigenvalue weighted by molar-refractivity contribution is -0.188. The molecule has 158 valence electrons. The lowest BCUT2D eigenvalue weighted by Gasteiger charge is -2.23. The third-order valence-corrected chi connectivity index (χ3v) is 4.39. The molecule has 8 heteroatoms. The molecule has 0 bridgehead atoms. The second-order valence-corrected chi connectivity index (χ2v) is 6.58. The molecule has 1 unspecified atom stereocenters. The van der Waals surface area contributed by atoms with Crippen molar-refractivity contribution in [3.8, 4) is 0 Å². The summed E-state index contributed by atoms with van der Waals surface area (Å²) >= 11 is 0. The zero-order chi connectivity index (χ0) is 21.5. The number of methoxy groups -OCH3 is 1. The molecule has 1 aliphatic heterocycles. The molecule has 3 rings (SSSR count). The summed E-state index contributed by atoms with van der Waals surface area (Å²) in [5.41, 5.74) is 0.611. The first-order valence-corrected chi connectivity index (χ1v) is 9.33. The molecule has 0 saturated carbocycles. The Morgan fingerprint density at radius 1 is 0.800 bits per heavy atom. The van der Waals surface area contributed by atoms with E-state index in [-0.39, 0.29) is 6.61 Å². The molecule has 0 radical (unpaired) electrons. The molecule has 2 aromatic rings. The molecule has 0 aromatic heterocycles. The zero-order valence-electron chi connectivity index (χ0n) is 16.6. The fraction of sp³-hybridized carbons (Fsp3) is 0.318. The second-order valence-electron chi connectivity index (χ2n) is 6.58. The highest BCUT2D eigenvalue weighted by molar-refractivity contribution is 5.90. The molecule has 0 aliphatic carbocycles. The fourth-order valence-electron chi connectivity index (χ4n) is 3.05. The van der Waals surface area contributed by atoms with Crippen LogP contribution in [0.5, 0.6) is 0 Å². The quantitative estimate of drug-likeness (QED) is 0.503. The average molecular weight is 414 g/mol. The number of carbonyl (C=O) groups excluding carboxylic acids is 3. The number of ether oxygens (including phenoxy) is 5. The first-order chi connectivity index (χ1) is 14.5. The number of carbonyl (C=O) groups is 3. The zero-order valence-corrected chi connectivity index (χ0v) is 16.6. The van der Waals surface area contributed by atoms with E-state index in [2.05, 4.69) is 0 Å². The van der Waals surface area contributed by atoms with Gasteiger partial charge in [-0.2, -0.15) is 0 Å². The molecule has 0 N–H and O–H groups in total. The molecule has 4 atom stereocenters. The third-order valence-electron chi connectivity index (χ3n) is 4.39. The largest absolute Gasteiger partial charge is 0.452 e. The van der Waals surface area contributed by atoms with E-state index in [1.807, 2.05) is 0 Å². The van der Waals surface area contributed by atoms with Crippen LogP contribution in [0.3, 0.4) is 0 Å². The second kappa shape index (κ2) is 10.00. The maximum Gasteiger partial charge on any atom is 0.338 e. The van der Waals surface area contributed by atoms with Crippen LogP contribution in [0.15, 0.2) is 60.7 Å². The van der Waals surface area contributed by atoms with E-state index in [9.17, 15) is 14.4 Å². The van der Waals surface area contributed by atoms with Gasteiger partial charge in [0.05, 0.1) is 17.7 Å². The molecule has 8 nitrogen and oxygen atoms in total. The molecule has 1 saturated heterocycles. The number of benzene rings is 2. The number of esters is 3. The van der Waals surface area contributed by atoms with Crippen molar-refractivity contribution in [2.75, 3.05) is 13.7 Å². The van der Waals surface area contributed by atoms with Gasteiger partial charge in [-0.3, -0.25) is 4.79 Å². The van der Waals surface area contributed by atoms with Crippen LogP contribution < -0.4 is 0 Å². The van der Waals surface area contributed by atoms with Gasteiger partial charge in [-0.15, -0.1) is 0 Å². The summed E-state index contributed by atoms with van der Waals surface area (Å²) in [4.78, 5) is 36.8. The average Bonchev–Trinajstić information content (AvgIpc) is 3.04. The Morgan fingerprint density at radius 2 is 1.30 bits per heavy atom. The van der Waals surface area contributed by atoms with E-state index < -0.39 is 42.5 Å². The predicted molar refractivity (Wildman–Crippen MR) is 104 cm³/mol. The Labute approximate surface area is 173 Å². The molecule has 1 aliphatic rings. The van der Waals surface area contributed by atoms with Gasteiger partial charge in [-0.1, -0.05) is 36.4 Å². The minimum atomic E-state index is -1.25. The molecule has 1 heterocycles. The van der Waals surface area contributed by atoms with Crippen LogP contribution in [0.2, 0.25) is 0 Å². The summed E-state index contributed by atoms with van der Waals surface area (Å²) in [6.45, 7) is 1.23. The maximum atomic E-state index is 12.6. The number of hydrogen-bond acceptors (Lipinski definition) is 8. The minimum Gasteiger partial charge on any atom is -0.452 e. The molecular formula is C22H22O8. The molecule has 0 amide bonds. The summed E-state index contributed by atoms with van der Waals surface area (Å²) in [5.74, 6) is -1.93. The number of hydrogen-bond donors (Lipinski definition) is 0. The first-order valence-electron chi connectivity index (χ1n) is 9.33. The SMILES string of the molecule is COC[C@H]1OC(OC(C)=O)[C@H](OC(=O)c2ccccc2)[C@@H]1OC(=O)c1ccccc1. The Balaban J connectivity index is 1.85. The van der Waals surface area contributed by atoms with Crippen molar-refractivity contribution in [2.24, 2.45) is 0 Å². The van der Waals surface area contributed by atoms with Gasteiger partial charge >= 0.3 is 17.9 Å². The van der Waals surface area contributed by atoms with Crippen molar-refractivity contribution in [1.29, 1.82) is 0 Å². The van der Waals surface area contributed by atoms with Gasteiger partial charge in [0, 0.05) is 14.0 Å². The minimum absolute atomic E-state index is 0.0316. The van der Waals surface area contributed by atoms with Gasteiger partial charge in [0.15, 0.2) is 6.10 Å². The molecule has 1 fully saturated rings. The van der Waals surface area contributed by atoms with Gasteiger partial charge in [0.2, 0.25) is 12.4 Å².